The lowest BCUT2D eigenvalue weighted by Gasteiger charge is -2.39. The highest BCUT2D eigenvalue weighted by atomic mass is 19.4. The van der Waals surface area contributed by atoms with E-state index in [0.717, 1.165) is 18.2 Å². The molecule has 1 atom stereocenters. The van der Waals surface area contributed by atoms with Gasteiger partial charge in [-0.1, -0.05) is 32.0 Å². The Kier molecular flexibility index (Phi) is 7.28. The summed E-state index contributed by atoms with van der Waals surface area (Å²) in [5, 5.41) is 10.3. The zero-order chi connectivity index (χ0) is 24.7. The molecule has 0 saturated carbocycles. The molecule has 1 rings (SSSR count). The van der Waals surface area contributed by atoms with Gasteiger partial charge in [0.05, 0.1) is 18.6 Å². The SMILES string of the molecule is CC(C)COc1ccccc1C(C)(O)CC(F)(F)C(F)(F)C(F)(F)C(F)(F)C(F)(F)F. The molecule has 2 nitrogen and oxygen atoms in total. The van der Waals surface area contributed by atoms with Crippen LogP contribution in [0.25, 0.3) is 0 Å². The number of alkyl halides is 11. The van der Waals surface area contributed by atoms with Crippen LogP contribution in [-0.2, 0) is 5.60 Å². The largest absolute Gasteiger partial charge is 0.493 e. The normalized spacial score (nSPS) is 16.4. The van der Waals surface area contributed by atoms with E-state index in [0.29, 0.717) is 6.92 Å². The van der Waals surface area contributed by atoms with Crippen LogP contribution in [0.5, 0.6) is 5.75 Å². The minimum absolute atomic E-state index is 0.0322. The summed E-state index contributed by atoms with van der Waals surface area (Å²) in [6.07, 6.45) is -9.85. The van der Waals surface area contributed by atoms with E-state index >= 15 is 0 Å². The van der Waals surface area contributed by atoms with Crippen LogP contribution < -0.4 is 4.74 Å². The second-order valence-corrected chi connectivity index (χ2v) is 7.58. The van der Waals surface area contributed by atoms with Gasteiger partial charge in [-0.3, -0.25) is 0 Å². The maximum atomic E-state index is 14.1. The van der Waals surface area contributed by atoms with Gasteiger partial charge in [-0.25, -0.2) is 0 Å². The van der Waals surface area contributed by atoms with Crippen molar-refractivity contribution < 1.29 is 58.1 Å². The van der Waals surface area contributed by atoms with Crippen LogP contribution in [0.3, 0.4) is 0 Å². The Morgan fingerprint density at radius 1 is 0.806 bits per heavy atom. The summed E-state index contributed by atoms with van der Waals surface area (Å²) in [5.74, 6) is -28.8. The van der Waals surface area contributed by atoms with E-state index in [-0.39, 0.29) is 18.3 Å². The van der Waals surface area contributed by atoms with Gasteiger partial charge in [0, 0.05) is 5.56 Å². The quantitative estimate of drug-likeness (QED) is 0.417. The first-order valence-electron chi connectivity index (χ1n) is 8.64. The van der Waals surface area contributed by atoms with Gasteiger partial charge in [0.2, 0.25) is 0 Å². The number of para-hydroxylation sites is 1. The molecule has 180 valence electrons. The van der Waals surface area contributed by atoms with Gasteiger partial charge in [-0.05, 0) is 18.9 Å². The van der Waals surface area contributed by atoms with E-state index in [2.05, 4.69) is 0 Å². The molecule has 13 heteroatoms. The van der Waals surface area contributed by atoms with Crippen molar-refractivity contribution in [2.45, 2.75) is 62.7 Å². The summed E-state index contributed by atoms with van der Waals surface area (Å²) in [6.45, 7) is 3.81. The average Bonchev–Trinajstić information content (AvgIpc) is 2.57. The Labute approximate surface area is 170 Å². The third-order valence-electron chi connectivity index (χ3n) is 4.21. The van der Waals surface area contributed by atoms with Crippen molar-refractivity contribution in [3.63, 3.8) is 0 Å². The van der Waals surface area contributed by atoms with Crippen molar-refractivity contribution >= 4 is 0 Å². The molecule has 0 aliphatic heterocycles. The Morgan fingerprint density at radius 2 is 1.29 bits per heavy atom. The van der Waals surface area contributed by atoms with Gasteiger partial charge in [0.25, 0.3) is 0 Å². The molecule has 0 saturated heterocycles. The number of halogens is 11. The number of hydrogen-bond donors (Lipinski definition) is 1. The summed E-state index contributed by atoms with van der Waals surface area (Å²) in [7, 11) is 0. The predicted octanol–water partition coefficient (Wildman–Crippen LogP) is 6.42. The van der Waals surface area contributed by atoms with Gasteiger partial charge >= 0.3 is 29.9 Å². The first-order chi connectivity index (χ1) is 13.6. The van der Waals surface area contributed by atoms with Crippen molar-refractivity contribution in [1.29, 1.82) is 0 Å². The Morgan fingerprint density at radius 3 is 1.74 bits per heavy atom. The Bertz CT molecular complexity index is 755. The number of rotatable bonds is 9. The molecule has 0 amide bonds. The monoisotopic (exact) mass is 476 g/mol. The molecule has 0 bridgehead atoms. The fraction of sp³-hybridized carbons (Fsp3) is 0.667. The lowest BCUT2D eigenvalue weighted by atomic mass is 9.84. The van der Waals surface area contributed by atoms with Crippen molar-refractivity contribution in [1.82, 2.24) is 0 Å². The summed E-state index contributed by atoms with van der Waals surface area (Å²) in [5.41, 5.74) is -3.67. The second-order valence-electron chi connectivity index (χ2n) is 7.58. The van der Waals surface area contributed by atoms with E-state index in [4.69, 9.17) is 4.74 Å². The zero-order valence-corrected chi connectivity index (χ0v) is 16.3. The fourth-order valence-electron chi connectivity index (χ4n) is 2.54. The van der Waals surface area contributed by atoms with Crippen LogP contribution in [0.15, 0.2) is 24.3 Å². The second kappa shape index (κ2) is 8.28. The number of hydrogen-bond acceptors (Lipinski definition) is 2. The Balaban J connectivity index is 3.37. The van der Waals surface area contributed by atoms with Crippen molar-refractivity contribution in [2.24, 2.45) is 5.92 Å². The molecular formula is C18H19F11O2. The summed E-state index contributed by atoms with van der Waals surface area (Å²) < 4.78 is 150. The molecular weight excluding hydrogens is 457 g/mol. The lowest BCUT2D eigenvalue weighted by Crippen LogP contribution is -2.67. The van der Waals surface area contributed by atoms with Crippen LogP contribution in [-0.4, -0.2) is 41.6 Å². The standard InChI is InChI=1S/C18H19F11O2/c1-10(2)8-31-12-7-5-4-6-11(12)13(3,30)9-14(19,20)15(21,22)16(23,24)17(25,26)18(27,28)29/h4-7,10,30H,8-9H2,1-3H3. The van der Waals surface area contributed by atoms with Crippen molar-refractivity contribution in [3.05, 3.63) is 29.8 Å². The zero-order valence-electron chi connectivity index (χ0n) is 16.3. The molecule has 1 N–H and O–H groups in total. The van der Waals surface area contributed by atoms with E-state index in [1.54, 1.807) is 13.8 Å². The molecule has 0 aliphatic carbocycles. The number of ether oxygens (including phenoxy) is 1. The van der Waals surface area contributed by atoms with Gasteiger partial charge in [-0.15, -0.1) is 0 Å². The number of benzene rings is 1. The highest BCUT2D eigenvalue weighted by Crippen LogP contribution is 2.59. The molecule has 0 spiro atoms. The van der Waals surface area contributed by atoms with E-state index in [1.165, 1.54) is 6.07 Å². The van der Waals surface area contributed by atoms with Crippen LogP contribution in [0.4, 0.5) is 48.3 Å². The molecule has 31 heavy (non-hydrogen) atoms. The first-order valence-corrected chi connectivity index (χ1v) is 8.64. The van der Waals surface area contributed by atoms with E-state index in [9.17, 15) is 53.4 Å². The smallest absolute Gasteiger partial charge is 0.460 e. The van der Waals surface area contributed by atoms with Crippen molar-refractivity contribution in [2.75, 3.05) is 6.61 Å². The molecule has 0 aliphatic rings. The first kappa shape index (κ1) is 27.2. The topological polar surface area (TPSA) is 29.5 Å². The lowest BCUT2D eigenvalue weighted by molar-refractivity contribution is -0.424. The molecule has 0 heterocycles. The summed E-state index contributed by atoms with van der Waals surface area (Å²) >= 11 is 0. The molecule has 1 aromatic carbocycles. The van der Waals surface area contributed by atoms with Gasteiger partial charge < -0.3 is 9.84 Å². The molecule has 1 aromatic rings. The third-order valence-corrected chi connectivity index (χ3v) is 4.21. The fourth-order valence-corrected chi connectivity index (χ4v) is 2.54. The maximum Gasteiger partial charge on any atom is 0.460 e. The van der Waals surface area contributed by atoms with Crippen LogP contribution in [0.2, 0.25) is 0 Å². The predicted molar refractivity (Wildman–Crippen MR) is 86.8 cm³/mol. The summed E-state index contributed by atoms with van der Waals surface area (Å²) in [4.78, 5) is 0. The van der Waals surface area contributed by atoms with Gasteiger partial charge in [0.15, 0.2) is 0 Å². The highest BCUT2D eigenvalue weighted by Gasteiger charge is 2.87. The minimum atomic E-state index is -7.52. The van der Waals surface area contributed by atoms with Crippen LogP contribution in [0.1, 0.15) is 32.8 Å². The third kappa shape index (κ3) is 5.01. The molecule has 1 unspecified atom stereocenters. The van der Waals surface area contributed by atoms with E-state index in [1.807, 2.05) is 0 Å². The summed E-state index contributed by atoms with van der Waals surface area (Å²) in [6, 6.07) is 4.51. The minimum Gasteiger partial charge on any atom is -0.493 e. The van der Waals surface area contributed by atoms with Crippen molar-refractivity contribution in [3.8, 4) is 5.75 Å². The highest BCUT2D eigenvalue weighted by molar-refractivity contribution is 5.38. The van der Waals surface area contributed by atoms with E-state index < -0.39 is 47.5 Å². The molecule has 0 radical (unpaired) electrons. The van der Waals surface area contributed by atoms with Gasteiger partial charge in [-0.2, -0.15) is 48.3 Å². The van der Waals surface area contributed by atoms with Crippen LogP contribution >= 0.6 is 0 Å². The van der Waals surface area contributed by atoms with Gasteiger partial charge in [0.1, 0.15) is 5.75 Å². The Hall–Kier alpha value is -1.79. The maximum absolute atomic E-state index is 14.1. The molecule has 0 fully saturated rings. The average molecular weight is 476 g/mol. The molecule has 0 aromatic heterocycles. The van der Waals surface area contributed by atoms with Crippen LogP contribution in [0, 0.1) is 5.92 Å². The number of aliphatic hydroxyl groups is 1.